The highest BCUT2D eigenvalue weighted by Gasteiger charge is 2.25. The Hall–Kier alpha value is -2.11. The van der Waals surface area contributed by atoms with E-state index in [1.807, 2.05) is 6.07 Å². The van der Waals surface area contributed by atoms with Crippen molar-refractivity contribution in [3.63, 3.8) is 0 Å². The van der Waals surface area contributed by atoms with E-state index in [9.17, 15) is 4.79 Å². The number of carbonyl (C=O) groups is 1. The molecule has 112 valence electrons. The number of aromatic nitrogens is 3. The SMILES string of the molecule is CCC1CCCCC1NC(=O)Nc1cnc2[nH]ccc2n1. The van der Waals surface area contributed by atoms with E-state index in [2.05, 4.69) is 32.5 Å². The van der Waals surface area contributed by atoms with Gasteiger partial charge in [0.05, 0.1) is 6.20 Å². The van der Waals surface area contributed by atoms with Crippen LogP contribution in [0.2, 0.25) is 0 Å². The summed E-state index contributed by atoms with van der Waals surface area (Å²) in [5.41, 5.74) is 1.47. The molecule has 1 saturated carbocycles. The third-order valence-corrected chi connectivity index (χ3v) is 4.25. The number of fused-ring (bicyclic) bond motifs is 1. The third kappa shape index (κ3) is 3.15. The molecule has 2 aromatic heterocycles. The van der Waals surface area contributed by atoms with Gasteiger partial charge in [-0.3, -0.25) is 5.32 Å². The maximum Gasteiger partial charge on any atom is 0.320 e. The van der Waals surface area contributed by atoms with E-state index < -0.39 is 0 Å². The standard InChI is InChI=1S/C15H21N5O/c1-2-10-5-3-4-6-11(10)19-15(21)20-13-9-17-14-12(18-13)7-8-16-14/h7-11H,2-6H2,1H3,(H,16,17)(H2,18,19,20,21). The van der Waals surface area contributed by atoms with Crippen molar-refractivity contribution in [1.29, 1.82) is 0 Å². The number of nitrogens with one attached hydrogen (secondary N) is 3. The van der Waals surface area contributed by atoms with Crippen LogP contribution < -0.4 is 10.6 Å². The number of anilines is 1. The fraction of sp³-hybridized carbons (Fsp3) is 0.533. The molecule has 2 heterocycles. The Morgan fingerprint density at radius 1 is 1.43 bits per heavy atom. The van der Waals surface area contributed by atoms with Gasteiger partial charge in [-0.2, -0.15) is 0 Å². The zero-order valence-electron chi connectivity index (χ0n) is 12.2. The van der Waals surface area contributed by atoms with Crippen LogP contribution in [-0.4, -0.2) is 27.0 Å². The minimum atomic E-state index is -0.190. The molecule has 1 aliphatic rings. The Labute approximate surface area is 123 Å². The molecule has 6 heteroatoms. The molecule has 0 aromatic carbocycles. The van der Waals surface area contributed by atoms with Gasteiger partial charge in [0.2, 0.25) is 0 Å². The zero-order chi connectivity index (χ0) is 14.7. The molecule has 0 spiro atoms. The average molecular weight is 287 g/mol. The van der Waals surface area contributed by atoms with Crippen molar-refractivity contribution in [1.82, 2.24) is 20.3 Å². The smallest absolute Gasteiger partial charge is 0.320 e. The average Bonchev–Trinajstić information content (AvgIpc) is 2.95. The highest BCUT2D eigenvalue weighted by Crippen LogP contribution is 2.26. The minimum Gasteiger partial charge on any atom is -0.345 e. The lowest BCUT2D eigenvalue weighted by Gasteiger charge is -2.31. The Morgan fingerprint density at radius 2 is 2.29 bits per heavy atom. The predicted molar refractivity (Wildman–Crippen MR) is 82.1 cm³/mol. The van der Waals surface area contributed by atoms with Crippen molar-refractivity contribution >= 4 is 23.0 Å². The first-order chi connectivity index (χ1) is 10.3. The van der Waals surface area contributed by atoms with Gasteiger partial charge in [0.15, 0.2) is 11.5 Å². The van der Waals surface area contributed by atoms with Crippen molar-refractivity contribution in [2.45, 2.75) is 45.1 Å². The van der Waals surface area contributed by atoms with Gasteiger partial charge in [0, 0.05) is 12.2 Å². The summed E-state index contributed by atoms with van der Waals surface area (Å²) in [5, 5.41) is 5.86. The van der Waals surface area contributed by atoms with Crippen molar-refractivity contribution < 1.29 is 4.79 Å². The monoisotopic (exact) mass is 287 g/mol. The number of aromatic amines is 1. The van der Waals surface area contributed by atoms with Gasteiger partial charge in [-0.1, -0.05) is 26.2 Å². The first-order valence-electron chi connectivity index (χ1n) is 7.64. The molecular weight excluding hydrogens is 266 g/mol. The molecule has 6 nitrogen and oxygen atoms in total. The fourth-order valence-corrected chi connectivity index (χ4v) is 3.10. The molecule has 1 aliphatic carbocycles. The van der Waals surface area contributed by atoms with E-state index in [4.69, 9.17) is 0 Å². The normalized spacial score (nSPS) is 22.1. The van der Waals surface area contributed by atoms with E-state index in [0.29, 0.717) is 11.7 Å². The lowest BCUT2D eigenvalue weighted by atomic mass is 9.83. The Kier molecular flexibility index (Phi) is 4.03. The number of H-pyrrole nitrogens is 1. The molecule has 2 aromatic rings. The van der Waals surface area contributed by atoms with Crippen LogP contribution in [0.3, 0.4) is 0 Å². The number of urea groups is 1. The molecule has 0 bridgehead atoms. The van der Waals surface area contributed by atoms with Crippen LogP contribution in [0.4, 0.5) is 10.6 Å². The Morgan fingerprint density at radius 3 is 3.14 bits per heavy atom. The van der Waals surface area contributed by atoms with Crippen molar-refractivity contribution in [3.8, 4) is 0 Å². The van der Waals surface area contributed by atoms with Crippen LogP contribution in [0.5, 0.6) is 0 Å². The quantitative estimate of drug-likeness (QED) is 0.811. The second-order valence-electron chi connectivity index (χ2n) is 5.62. The van der Waals surface area contributed by atoms with E-state index in [0.717, 1.165) is 24.0 Å². The molecule has 2 unspecified atom stereocenters. The van der Waals surface area contributed by atoms with Gasteiger partial charge in [-0.15, -0.1) is 0 Å². The van der Waals surface area contributed by atoms with Gasteiger partial charge in [-0.05, 0) is 24.8 Å². The van der Waals surface area contributed by atoms with E-state index >= 15 is 0 Å². The van der Waals surface area contributed by atoms with E-state index in [1.165, 1.54) is 19.3 Å². The summed E-state index contributed by atoms with van der Waals surface area (Å²) >= 11 is 0. The molecule has 2 atom stereocenters. The topological polar surface area (TPSA) is 82.7 Å². The van der Waals surface area contributed by atoms with Crippen molar-refractivity contribution in [2.24, 2.45) is 5.92 Å². The molecular formula is C15H21N5O. The highest BCUT2D eigenvalue weighted by molar-refractivity contribution is 5.89. The first-order valence-corrected chi connectivity index (χ1v) is 7.64. The summed E-state index contributed by atoms with van der Waals surface area (Å²) in [5.74, 6) is 1.06. The summed E-state index contributed by atoms with van der Waals surface area (Å²) in [6.45, 7) is 2.19. The highest BCUT2D eigenvalue weighted by atomic mass is 16.2. The lowest BCUT2D eigenvalue weighted by molar-refractivity contribution is 0.225. The van der Waals surface area contributed by atoms with E-state index in [-0.39, 0.29) is 12.1 Å². The van der Waals surface area contributed by atoms with Crippen LogP contribution >= 0.6 is 0 Å². The molecule has 3 N–H and O–H groups in total. The summed E-state index contributed by atoms with van der Waals surface area (Å²) < 4.78 is 0. The maximum absolute atomic E-state index is 12.1. The first kappa shape index (κ1) is 13.9. The van der Waals surface area contributed by atoms with Gasteiger partial charge in [0.1, 0.15) is 5.52 Å². The lowest BCUT2D eigenvalue weighted by Crippen LogP contribution is -2.44. The number of carbonyl (C=O) groups excluding carboxylic acids is 1. The summed E-state index contributed by atoms with van der Waals surface area (Å²) in [6, 6.07) is 1.91. The molecule has 1 fully saturated rings. The summed E-state index contributed by atoms with van der Waals surface area (Å²) in [7, 11) is 0. The Balaban J connectivity index is 1.62. The van der Waals surface area contributed by atoms with Crippen molar-refractivity contribution in [3.05, 3.63) is 18.5 Å². The van der Waals surface area contributed by atoms with Gasteiger partial charge in [-0.25, -0.2) is 14.8 Å². The molecule has 21 heavy (non-hydrogen) atoms. The third-order valence-electron chi connectivity index (χ3n) is 4.25. The van der Waals surface area contributed by atoms with Gasteiger partial charge < -0.3 is 10.3 Å². The fourth-order valence-electron chi connectivity index (χ4n) is 3.10. The second kappa shape index (κ2) is 6.11. The molecule has 2 amide bonds. The van der Waals surface area contributed by atoms with Crippen LogP contribution in [0, 0.1) is 5.92 Å². The number of hydrogen-bond acceptors (Lipinski definition) is 3. The van der Waals surface area contributed by atoms with E-state index in [1.54, 1.807) is 12.4 Å². The maximum atomic E-state index is 12.1. The van der Waals surface area contributed by atoms with Gasteiger partial charge >= 0.3 is 6.03 Å². The molecule has 0 radical (unpaired) electrons. The zero-order valence-corrected chi connectivity index (χ0v) is 12.2. The van der Waals surface area contributed by atoms with Gasteiger partial charge in [0.25, 0.3) is 0 Å². The van der Waals surface area contributed by atoms with Crippen LogP contribution in [0.1, 0.15) is 39.0 Å². The number of nitrogens with zero attached hydrogens (tertiary/aromatic N) is 2. The van der Waals surface area contributed by atoms with Crippen LogP contribution in [0.25, 0.3) is 11.2 Å². The van der Waals surface area contributed by atoms with Crippen LogP contribution in [0.15, 0.2) is 18.5 Å². The Bertz CT molecular complexity index is 623. The number of rotatable bonds is 3. The number of amides is 2. The molecule has 0 aliphatic heterocycles. The largest absolute Gasteiger partial charge is 0.345 e. The van der Waals surface area contributed by atoms with Crippen LogP contribution in [-0.2, 0) is 0 Å². The second-order valence-corrected chi connectivity index (χ2v) is 5.62. The summed E-state index contributed by atoms with van der Waals surface area (Å²) in [4.78, 5) is 23.6. The van der Waals surface area contributed by atoms with Crippen molar-refractivity contribution in [2.75, 3.05) is 5.32 Å². The predicted octanol–water partition coefficient (Wildman–Crippen LogP) is 3.05. The minimum absolute atomic E-state index is 0.190. The summed E-state index contributed by atoms with van der Waals surface area (Å²) in [6.07, 6.45) is 9.19. The molecule has 3 rings (SSSR count). The molecule has 0 saturated heterocycles. The number of hydrogen-bond donors (Lipinski definition) is 3.